The Morgan fingerprint density at radius 1 is 1.19 bits per heavy atom. The molecule has 6 nitrogen and oxygen atoms in total. The molecule has 2 N–H and O–H groups in total. The number of aryl methyl sites for hydroxylation is 3. The first-order chi connectivity index (χ1) is 14.9. The number of hydrogen-bond donors (Lipinski definition) is 2. The van der Waals surface area contributed by atoms with E-state index in [1.54, 1.807) is 6.20 Å². The first-order valence-electron chi connectivity index (χ1n) is 10.4. The average Bonchev–Trinajstić information content (AvgIpc) is 3.32. The molecule has 0 radical (unpaired) electrons. The Morgan fingerprint density at radius 3 is 2.74 bits per heavy atom. The second-order valence-corrected chi connectivity index (χ2v) is 8.37. The van der Waals surface area contributed by atoms with E-state index in [0.29, 0.717) is 18.1 Å². The highest BCUT2D eigenvalue weighted by Gasteiger charge is 2.40. The lowest BCUT2D eigenvalue weighted by atomic mass is 10.0. The summed E-state index contributed by atoms with van der Waals surface area (Å²) in [6, 6.07) is 16.0. The smallest absolute Gasteiger partial charge is 0.226 e. The topological polar surface area (TPSA) is 62.2 Å². The number of thiocarbonyl (C=S) groups is 1. The fourth-order valence-corrected chi connectivity index (χ4v) is 4.39. The maximum atomic E-state index is 12.7. The zero-order chi connectivity index (χ0) is 22.0. The van der Waals surface area contributed by atoms with Crippen LogP contribution in [0.1, 0.15) is 41.0 Å². The highest BCUT2D eigenvalue weighted by Crippen LogP contribution is 2.38. The van der Waals surface area contributed by atoms with Gasteiger partial charge in [0.25, 0.3) is 0 Å². The monoisotopic (exact) mass is 433 g/mol. The lowest BCUT2D eigenvalue weighted by molar-refractivity contribution is -0.116. The van der Waals surface area contributed by atoms with E-state index in [9.17, 15) is 4.79 Å². The lowest BCUT2D eigenvalue weighted by Gasteiger charge is -2.28. The second kappa shape index (κ2) is 8.89. The highest BCUT2D eigenvalue weighted by atomic mass is 32.1. The quantitative estimate of drug-likeness (QED) is 0.575. The predicted molar refractivity (Wildman–Crippen MR) is 127 cm³/mol. The molecule has 2 atom stereocenters. The van der Waals surface area contributed by atoms with E-state index in [1.165, 1.54) is 0 Å². The van der Waals surface area contributed by atoms with Crippen molar-refractivity contribution >= 4 is 28.9 Å². The fourth-order valence-electron chi connectivity index (χ4n) is 4.05. The molecule has 0 aliphatic carbocycles. The van der Waals surface area contributed by atoms with E-state index < -0.39 is 0 Å². The Labute approximate surface area is 188 Å². The normalized spacial score (nSPS) is 18.2. The van der Waals surface area contributed by atoms with Crippen LogP contribution >= 0.6 is 12.2 Å². The van der Waals surface area contributed by atoms with Crippen molar-refractivity contribution in [2.75, 3.05) is 11.9 Å². The lowest BCUT2D eigenvalue weighted by Crippen LogP contribution is -2.33. The molecule has 4 rings (SSSR count). The zero-order valence-electron chi connectivity index (χ0n) is 18.0. The third kappa shape index (κ3) is 4.46. The third-order valence-corrected chi connectivity index (χ3v) is 6.08. The summed E-state index contributed by atoms with van der Waals surface area (Å²) < 4.78 is 2.10. The maximum Gasteiger partial charge on any atom is 0.226 e. The summed E-state index contributed by atoms with van der Waals surface area (Å²) >= 11 is 5.68. The molecular weight excluding hydrogens is 406 g/mol. The largest absolute Gasteiger partial charge is 0.353 e. The predicted octanol–water partition coefficient (Wildman–Crippen LogP) is 4.04. The first kappa shape index (κ1) is 21.1. The minimum absolute atomic E-state index is 0.0246. The number of benzene rings is 1. The zero-order valence-corrected chi connectivity index (χ0v) is 18.8. The van der Waals surface area contributed by atoms with Crippen LogP contribution in [0, 0.1) is 13.8 Å². The Bertz CT molecular complexity index is 1090. The summed E-state index contributed by atoms with van der Waals surface area (Å²) in [6.45, 7) is 4.53. The minimum Gasteiger partial charge on any atom is -0.353 e. The van der Waals surface area contributed by atoms with Gasteiger partial charge in [0.1, 0.15) is 0 Å². The van der Waals surface area contributed by atoms with Crippen molar-refractivity contribution in [2.24, 2.45) is 7.05 Å². The molecule has 1 amide bonds. The van der Waals surface area contributed by atoms with Crippen molar-refractivity contribution in [2.45, 2.75) is 32.4 Å². The Balaban J connectivity index is 1.53. The minimum atomic E-state index is -0.0793. The van der Waals surface area contributed by atoms with Crippen LogP contribution in [0.25, 0.3) is 0 Å². The molecule has 2 aromatic heterocycles. The SMILES string of the molecule is Cc1ccc(C)c(NC(=O)CCN2C(=S)NC(c3ccccn3)C2c2cccn2C)c1. The number of carbonyl (C=O) groups excluding carboxylic acids is 1. The van der Waals surface area contributed by atoms with E-state index in [2.05, 4.69) is 31.2 Å². The average molecular weight is 434 g/mol. The Morgan fingerprint density at radius 2 is 2.03 bits per heavy atom. The van der Waals surface area contributed by atoms with Gasteiger partial charge in [-0.25, -0.2) is 0 Å². The molecule has 2 unspecified atom stereocenters. The van der Waals surface area contributed by atoms with E-state index in [0.717, 1.165) is 28.2 Å². The molecule has 1 aliphatic heterocycles. The van der Waals surface area contributed by atoms with Gasteiger partial charge in [-0.3, -0.25) is 9.78 Å². The summed E-state index contributed by atoms with van der Waals surface area (Å²) in [4.78, 5) is 19.4. The first-order valence-corrected chi connectivity index (χ1v) is 10.8. The van der Waals surface area contributed by atoms with Gasteiger partial charge in [-0.2, -0.15) is 0 Å². The van der Waals surface area contributed by atoms with Crippen molar-refractivity contribution in [1.29, 1.82) is 0 Å². The highest BCUT2D eigenvalue weighted by molar-refractivity contribution is 7.80. The van der Waals surface area contributed by atoms with Gasteiger partial charge < -0.3 is 20.1 Å². The van der Waals surface area contributed by atoms with E-state index in [4.69, 9.17) is 12.2 Å². The Kier molecular flexibility index (Phi) is 6.04. The molecule has 1 fully saturated rings. The van der Waals surface area contributed by atoms with Crippen molar-refractivity contribution in [3.63, 3.8) is 0 Å². The van der Waals surface area contributed by atoms with Crippen LogP contribution in [0.5, 0.6) is 0 Å². The number of carbonyl (C=O) groups is 1. The van der Waals surface area contributed by atoms with E-state index in [1.807, 2.05) is 69.6 Å². The van der Waals surface area contributed by atoms with Crippen molar-refractivity contribution in [3.8, 4) is 0 Å². The van der Waals surface area contributed by atoms with Gasteiger partial charge in [-0.05, 0) is 67.5 Å². The molecule has 0 spiro atoms. The van der Waals surface area contributed by atoms with Crippen molar-refractivity contribution < 1.29 is 4.79 Å². The van der Waals surface area contributed by atoms with Gasteiger partial charge in [0.05, 0.1) is 17.8 Å². The molecular formula is C24H27N5OS. The molecule has 160 valence electrons. The summed E-state index contributed by atoms with van der Waals surface area (Å²) in [5.41, 5.74) is 5.08. The molecule has 0 bridgehead atoms. The third-order valence-electron chi connectivity index (χ3n) is 5.73. The molecule has 1 saturated heterocycles. The molecule has 1 aliphatic rings. The molecule has 3 heterocycles. The molecule has 3 aromatic rings. The number of amides is 1. The molecule has 31 heavy (non-hydrogen) atoms. The number of hydrogen-bond acceptors (Lipinski definition) is 3. The van der Waals surface area contributed by atoms with Crippen molar-refractivity contribution in [1.82, 2.24) is 19.8 Å². The van der Waals surface area contributed by atoms with E-state index in [-0.39, 0.29) is 18.0 Å². The fraction of sp³-hybridized carbons (Fsp3) is 0.292. The molecule has 7 heteroatoms. The van der Waals surface area contributed by atoms with Crippen LogP contribution in [-0.2, 0) is 11.8 Å². The number of nitrogens with zero attached hydrogens (tertiary/aromatic N) is 3. The number of nitrogens with one attached hydrogen (secondary N) is 2. The number of pyridine rings is 1. The van der Waals surface area contributed by atoms with Crippen LogP contribution in [0.4, 0.5) is 5.69 Å². The summed E-state index contributed by atoms with van der Waals surface area (Å²) in [5.74, 6) is -0.0246. The molecule has 1 aromatic carbocycles. The Hall–Kier alpha value is -3.19. The summed E-state index contributed by atoms with van der Waals surface area (Å²) in [5, 5.41) is 7.11. The van der Waals surface area contributed by atoms with Crippen LogP contribution in [0.2, 0.25) is 0 Å². The number of rotatable bonds is 6. The number of anilines is 1. The van der Waals surface area contributed by atoms with Crippen LogP contribution < -0.4 is 10.6 Å². The van der Waals surface area contributed by atoms with Gasteiger partial charge in [-0.15, -0.1) is 0 Å². The second-order valence-electron chi connectivity index (χ2n) is 7.98. The molecule has 0 saturated carbocycles. The van der Waals surface area contributed by atoms with E-state index >= 15 is 0 Å². The van der Waals surface area contributed by atoms with Gasteiger partial charge in [0.2, 0.25) is 5.91 Å². The van der Waals surface area contributed by atoms with Gasteiger partial charge in [0.15, 0.2) is 5.11 Å². The summed E-state index contributed by atoms with van der Waals surface area (Å²) in [6.07, 6.45) is 4.16. The summed E-state index contributed by atoms with van der Waals surface area (Å²) in [7, 11) is 2.03. The standard InChI is InChI=1S/C24H27N5OS/c1-16-9-10-17(2)19(15-16)26-21(30)11-14-29-23(20-8-6-13-28(20)3)22(27-24(29)31)18-7-4-5-12-25-18/h4-10,12-13,15,22-23H,11,14H2,1-3H3,(H,26,30)(H,27,31). The van der Waals surface area contributed by atoms with Crippen LogP contribution in [0.15, 0.2) is 60.9 Å². The van der Waals surface area contributed by atoms with Gasteiger partial charge in [-0.1, -0.05) is 18.2 Å². The number of aromatic nitrogens is 2. The van der Waals surface area contributed by atoms with Gasteiger partial charge >= 0.3 is 0 Å². The van der Waals surface area contributed by atoms with Crippen LogP contribution in [-0.4, -0.2) is 32.0 Å². The van der Waals surface area contributed by atoms with Gasteiger partial charge in [0, 0.05) is 43.8 Å². The van der Waals surface area contributed by atoms with Crippen LogP contribution in [0.3, 0.4) is 0 Å². The maximum absolute atomic E-state index is 12.7. The van der Waals surface area contributed by atoms with Crippen molar-refractivity contribution in [3.05, 3.63) is 83.4 Å².